The van der Waals surface area contributed by atoms with Crippen molar-refractivity contribution in [3.63, 3.8) is 0 Å². The number of benzene rings is 2. The molecule has 3 heterocycles. The summed E-state index contributed by atoms with van der Waals surface area (Å²) in [7, 11) is 0. The fraction of sp³-hybridized carbons (Fsp3) is 0.261. The molecule has 2 aromatic carbocycles. The number of fused-ring (bicyclic) bond motifs is 2. The highest BCUT2D eigenvalue weighted by Gasteiger charge is 2.36. The minimum Gasteiger partial charge on any atom is -0.474 e. The molecule has 0 aliphatic carbocycles. The first kappa shape index (κ1) is 17.7. The monoisotopic (exact) mass is 387 g/mol. The molecule has 0 bridgehead atoms. The first-order chi connectivity index (χ1) is 14.3. The van der Waals surface area contributed by atoms with Gasteiger partial charge >= 0.3 is 0 Å². The zero-order valence-electron chi connectivity index (χ0n) is 15.9. The quantitative estimate of drug-likeness (QED) is 0.684. The summed E-state index contributed by atoms with van der Waals surface area (Å²) in [4.78, 5) is 23.5. The molecule has 29 heavy (non-hydrogen) atoms. The standard InChI is InChI=1S/C23H21N3O3/c27-23(26-13-10-16(11-14-26)28-21-9-12-24-15-25-21)22-17-5-1-3-7-19(17)29-20-8-4-2-6-18(20)22/h1-9,12,15-16,22H,10-11,13-14H2. The Morgan fingerprint density at radius 3 is 2.24 bits per heavy atom. The molecule has 0 radical (unpaired) electrons. The van der Waals surface area contributed by atoms with E-state index in [9.17, 15) is 4.79 Å². The SMILES string of the molecule is O=C(C1c2ccccc2Oc2ccccc21)N1CCC(Oc2ccncn2)CC1. The molecule has 5 rings (SSSR count). The molecule has 1 fully saturated rings. The fourth-order valence-corrected chi connectivity index (χ4v) is 4.07. The van der Waals surface area contributed by atoms with E-state index in [2.05, 4.69) is 9.97 Å². The summed E-state index contributed by atoms with van der Waals surface area (Å²) in [6.45, 7) is 1.33. The highest BCUT2D eigenvalue weighted by atomic mass is 16.5. The van der Waals surface area contributed by atoms with Crippen molar-refractivity contribution in [1.82, 2.24) is 14.9 Å². The van der Waals surface area contributed by atoms with Crippen LogP contribution >= 0.6 is 0 Å². The van der Waals surface area contributed by atoms with Gasteiger partial charge in [0.05, 0.1) is 5.92 Å². The van der Waals surface area contributed by atoms with Crippen LogP contribution < -0.4 is 9.47 Å². The molecule has 1 saturated heterocycles. The lowest BCUT2D eigenvalue weighted by Gasteiger charge is -2.36. The number of aromatic nitrogens is 2. The van der Waals surface area contributed by atoms with Gasteiger partial charge in [-0.1, -0.05) is 36.4 Å². The summed E-state index contributed by atoms with van der Waals surface area (Å²) in [5.74, 6) is 1.87. The average Bonchev–Trinajstić information content (AvgIpc) is 2.78. The number of para-hydroxylation sites is 2. The van der Waals surface area contributed by atoms with E-state index in [0.29, 0.717) is 19.0 Å². The molecule has 3 aromatic rings. The number of hydrogen-bond donors (Lipinski definition) is 0. The molecule has 0 saturated carbocycles. The maximum absolute atomic E-state index is 13.6. The Morgan fingerprint density at radius 1 is 0.966 bits per heavy atom. The molecule has 0 atom stereocenters. The normalized spacial score (nSPS) is 16.5. The number of carbonyl (C=O) groups is 1. The Kier molecular flexibility index (Phi) is 4.60. The van der Waals surface area contributed by atoms with Gasteiger partial charge in [-0.2, -0.15) is 0 Å². The molecule has 1 amide bonds. The molecule has 146 valence electrons. The van der Waals surface area contributed by atoms with E-state index in [1.54, 1.807) is 12.3 Å². The Labute approximate surface area is 169 Å². The maximum Gasteiger partial charge on any atom is 0.234 e. The summed E-state index contributed by atoms with van der Waals surface area (Å²) in [5.41, 5.74) is 1.85. The van der Waals surface area contributed by atoms with Crippen LogP contribution in [0, 0.1) is 0 Å². The van der Waals surface area contributed by atoms with Crippen LogP contribution in [0.4, 0.5) is 0 Å². The number of piperidine rings is 1. The van der Waals surface area contributed by atoms with Crippen molar-refractivity contribution in [2.75, 3.05) is 13.1 Å². The van der Waals surface area contributed by atoms with Gasteiger partial charge in [0.15, 0.2) is 0 Å². The van der Waals surface area contributed by atoms with Gasteiger partial charge < -0.3 is 14.4 Å². The van der Waals surface area contributed by atoms with Gasteiger partial charge in [-0.3, -0.25) is 4.79 Å². The van der Waals surface area contributed by atoms with E-state index in [1.807, 2.05) is 53.4 Å². The second-order valence-corrected chi connectivity index (χ2v) is 7.30. The fourth-order valence-electron chi connectivity index (χ4n) is 4.07. The number of likely N-dealkylation sites (tertiary alicyclic amines) is 1. The number of rotatable bonds is 3. The van der Waals surface area contributed by atoms with E-state index in [1.165, 1.54) is 6.33 Å². The Balaban J connectivity index is 1.34. The molecule has 2 aliphatic rings. The molecule has 0 N–H and O–H groups in total. The maximum atomic E-state index is 13.6. The number of carbonyl (C=O) groups excluding carboxylic acids is 1. The summed E-state index contributed by atoms with van der Waals surface area (Å²) in [6.07, 6.45) is 4.77. The van der Waals surface area contributed by atoms with Crippen molar-refractivity contribution in [1.29, 1.82) is 0 Å². The van der Waals surface area contributed by atoms with Gasteiger partial charge in [-0.15, -0.1) is 0 Å². The molecular formula is C23H21N3O3. The van der Waals surface area contributed by atoms with Crippen LogP contribution in [0.5, 0.6) is 17.4 Å². The topological polar surface area (TPSA) is 64.5 Å². The van der Waals surface area contributed by atoms with Gasteiger partial charge in [0.1, 0.15) is 23.9 Å². The van der Waals surface area contributed by atoms with Crippen molar-refractivity contribution in [2.45, 2.75) is 24.9 Å². The number of nitrogens with zero attached hydrogens (tertiary/aromatic N) is 3. The number of amides is 1. The third-order valence-electron chi connectivity index (χ3n) is 5.52. The highest BCUT2D eigenvalue weighted by molar-refractivity contribution is 5.89. The van der Waals surface area contributed by atoms with E-state index < -0.39 is 0 Å². The van der Waals surface area contributed by atoms with Crippen molar-refractivity contribution in [3.05, 3.63) is 78.2 Å². The van der Waals surface area contributed by atoms with Crippen LogP contribution in [0.1, 0.15) is 29.9 Å². The Hall–Kier alpha value is -3.41. The molecule has 6 nitrogen and oxygen atoms in total. The lowest BCUT2D eigenvalue weighted by atomic mass is 9.86. The Morgan fingerprint density at radius 2 is 1.62 bits per heavy atom. The average molecular weight is 387 g/mol. The van der Waals surface area contributed by atoms with Gasteiger partial charge in [-0.05, 0) is 12.1 Å². The van der Waals surface area contributed by atoms with Gasteiger partial charge in [-0.25, -0.2) is 9.97 Å². The van der Waals surface area contributed by atoms with E-state index >= 15 is 0 Å². The van der Waals surface area contributed by atoms with Gasteiger partial charge in [0, 0.05) is 49.3 Å². The zero-order chi connectivity index (χ0) is 19.6. The van der Waals surface area contributed by atoms with Gasteiger partial charge in [0.25, 0.3) is 0 Å². The van der Waals surface area contributed by atoms with Crippen LogP contribution in [0.3, 0.4) is 0 Å². The first-order valence-corrected chi connectivity index (χ1v) is 9.87. The molecule has 2 aliphatic heterocycles. The minimum absolute atomic E-state index is 0.0585. The zero-order valence-corrected chi connectivity index (χ0v) is 15.9. The van der Waals surface area contributed by atoms with E-state index in [0.717, 1.165) is 35.5 Å². The summed E-state index contributed by atoms with van der Waals surface area (Å²) in [6, 6.07) is 17.4. The molecule has 0 spiro atoms. The minimum atomic E-state index is -0.338. The van der Waals surface area contributed by atoms with E-state index in [4.69, 9.17) is 9.47 Å². The van der Waals surface area contributed by atoms with Crippen LogP contribution in [-0.4, -0.2) is 40.0 Å². The summed E-state index contributed by atoms with van der Waals surface area (Å²) in [5, 5.41) is 0. The predicted octanol–water partition coefficient (Wildman–Crippen LogP) is 3.78. The third-order valence-corrected chi connectivity index (χ3v) is 5.52. The predicted molar refractivity (Wildman–Crippen MR) is 107 cm³/mol. The molecule has 1 aromatic heterocycles. The smallest absolute Gasteiger partial charge is 0.234 e. The van der Waals surface area contributed by atoms with Gasteiger partial charge in [0.2, 0.25) is 11.8 Å². The lowest BCUT2D eigenvalue weighted by molar-refractivity contribution is -0.133. The summed E-state index contributed by atoms with van der Waals surface area (Å²) < 4.78 is 12.0. The lowest BCUT2D eigenvalue weighted by Crippen LogP contribution is -2.44. The van der Waals surface area contributed by atoms with Crippen molar-refractivity contribution >= 4 is 5.91 Å². The van der Waals surface area contributed by atoms with Crippen LogP contribution in [0.25, 0.3) is 0 Å². The van der Waals surface area contributed by atoms with Crippen molar-refractivity contribution < 1.29 is 14.3 Å². The van der Waals surface area contributed by atoms with Crippen LogP contribution in [-0.2, 0) is 4.79 Å². The second kappa shape index (κ2) is 7.54. The Bertz CT molecular complexity index is 971. The van der Waals surface area contributed by atoms with E-state index in [-0.39, 0.29) is 17.9 Å². The van der Waals surface area contributed by atoms with Crippen LogP contribution in [0.2, 0.25) is 0 Å². The molecule has 6 heteroatoms. The third kappa shape index (κ3) is 3.42. The largest absolute Gasteiger partial charge is 0.474 e. The van der Waals surface area contributed by atoms with Crippen molar-refractivity contribution in [2.24, 2.45) is 0 Å². The highest BCUT2D eigenvalue weighted by Crippen LogP contribution is 2.44. The first-order valence-electron chi connectivity index (χ1n) is 9.87. The van der Waals surface area contributed by atoms with Crippen LogP contribution in [0.15, 0.2) is 67.1 Å². The number of ether oxygens (including phenoxy) is 2. The second-order valence-electron chi connectivity index (χ2n) is 7.30. The molecular weight excluding hydrogens is 366 g/mol. The number of hydrogen-bond acceptors (Lipinski definition) is 5. The molecule has 0 unspecified atom stereocenters. The summed E-state index contributed by atoms with van der Waals surface area (Å²) >= 11 is 0. The van der Waals surface area contributed by atoms with Crippen molar-refractivity contribution in [3.8, 4) is 17.4 Å².